The molecule has 0 spiro atoms. The molecule has 1 aromatic rings. The molecule has 2 fully saturated rings. The first-order valence-electron chi connectivity index (χ1n) is 14.2. The molecule has 12 heteroatoms. The summed E-state index contributed by atoms with van der Waals surface area (Å²) < 4.78 is 5.52. The number of aliphatic hydroxyl groups is 1. The number of likely N-dealkylation sites (tertiary alicyclic amines) is 1. The molecule has 0 unspecified atom stereocenters. The summed E-state index contributed by atoms with van der Waals surface area (Å²) in [5.74, 6) is -2.50. The molecule has 5 N–H and O–H groups in total. The van der Waals surface area contributed by atoms with E-state index in [4.69, 9.17) is 10.5 Å². The number of benzene rings is 1. The van der Waals surface area contributed by atoms with Crippen molar-refractivity contribution in [2.45, 2.75) is 45.3 Å². The first kappa shape index (κ1) is 30.7. The van der Waals surface area contributed by atoms with Gasteiger partial charge in [0, 0.05) is 42.2 Å². The predicted octanol–water partition coefficient (Wildman–Crippen LogP) is 1.37. The molecule has 3 heterocycles. The summed E-state index contributed by atoms with van der Waals surface area (Å²) in [6.45, 7) is 5.33. The fraction of sp³-hybridized carbons (Fsp3) is 0.433. The maximum atomic E-state index is 13.3. The van der Waals surface area contributed by atoms with Crippen LogP contribution >= 0.6 is 0 Å². The average Bonchev–Trinajstić information content (AvgIpc) is 3.22. The number of hydrogen-bond donors (Lipinski definition) is 4. The van der Waals surface area contributed by atoms with Gasteiger partial charge in [-0.3, -0.25) is 24.2 Å². The van der Waals surface area contributed by atoms with Crippen molar-refractivity contribution < 1.29 is 34.1 Å². The lowest BCUT2D eigenvalue weighted by molar-refractivity contribution is -0.152. The van der Waals surface area contributed by atoms with Gasteiger partial charge >= 0.3 is 5.97 Å². The van der Waals surface area contributed by atoms with Gasteiger partial charge in [0.15, 0.2) is 12.2 Å². The highest BCUT2D eigenvalue weighted by atomic mass is 16.5. The van der Waals surface area contributed by atoms with Gasteiger partial charge in [-0.05, 0) is 49.1 Å². The van der Waals surface area contributed by atoms with Gasteiger partial charge in [0.25, 0.3) is 17.7 Å². The first-order valence-corrected chi connectivity index (χ1v) is 14.2. The van der Waals surface area contributed by atoms with Crippen molar-refractivity contribution >= 4 is 35.2 Å². The van der Waals surface area contributed by atoms with E-state index in [2.05, 4.69) is 10.3 Å². The van der Waals surface area contributed by atoms with E-state index >= 15 is 0 Å². The maximum absolute atomic E-state index is 13.3. The zero-order chi connectivity index (χ0) is 30.4. The van der Waals surface area contributed by atoms with Crippen LogP contribution in [0.2, 0.25) is 0 Å². The minimum atomic E-state index is -1.77. The molecule has 0 radical (unpaired) electrons. The van der Waals surface area contributed by atoms with Crippen LogP contribution in [0, 0.1) is 5.92 Å². The van der Waals surface area contributed by atoms with Gasteiger partial charge in [0.05, 0.1) is 19.1 Å². The Kier molecular flexibility index (Phi) is 9.92. The smallest absolute Gasteiger partial charge is 0.306 e. The van der Waals surface area contributed by atoms with Gasteiger partial charge in [-0.15, -0.1) is 0 Å². The number of nitrogens with zero attached hydrogens (tertiary/aromatic N) is 3. The molecule has 2 atom stereocenters. The second kappa shape index (κ2) is 13.6. The van der Waals surface area contributed by atoms with Gasteiger partial charge in [-0.25, -0.2) is 0 Å². The van der Waals surface area contributed by atoms with Crippen molar-refractivity contribution in [2.75, 3.05) is 37.7 Å². The van der Waals surface area contributed by atoms with Gasteiger partial charge in [0.2, 0.25) is 0 Å². The third-order valence-corrected chi connectivity index (χ3v) is 7.51. The van der Waals surface area contributed by atoms with Crippen molar-refractivity contribution in [2.24, 2.45) is 16.6 Å². The molecule has 42 heavy (non-hydrogen) atoms. The Morgan fingerprint density at radius 3 is 2.60 bits per heavy atom. The molecule has 0 saturated carbocycles. The number of rotatable bonds is 6. The summed E-state index contributed by atoms with van der Waals surface area (Å²) >= 11 is 0. The van der Waals surface area contributed by atoms with Crippen LogP contribution in [0.3, 0.4) is 0 Å². The molecular weight excluding hydrogens is 542 g/mol. The van der Waals surface area contributed by atoms with Crippen LogP contribution in [-0.4, -0.2) is 89.6 Å². The number of amidine groups is 1. The number of carboxylic acid groups (broad SMARTS) is 1. The number of carboxylic acids is 1. The van der Waals surface area contributed by atoms with Gasteiger partial charge < -0.3 is 35.8 Å². The molecule has 3 aliphatic heterocycles. The van der Waals surface area contributed by atoms with E-state index in [9.17, 15) is 29.4 Å². The number of fused-ring (bicyclic) bond motifs is 1. The second-order valence-electron chi connectivity index (χ2n) is 10.1. The largest absolute Gasteiger partial charge is 0.481 e. The number of aliphatic carboxylic acids is 1. The second-order valence-corrected chi connectivity index (χ2v) is 10.1. The molecule has 0 aromatic heterocycles. The topological polar surface area (TPSA) is 175 Å². The van der Waals surface area contributed by atoms with Crippen LogP contribution in [0.4, 0.5) is 5.69 Å². The Balaban J connectivity index is 0.00000198. The number of hydrogen-bond acceptors (Lipinski definition) is 8. The summed E-state index contributed by atoms with van der Waals surface area (Å²) in [7, 11) is 0. The Labute approximate surface area is 244 Å². The molecule has 3 amide bonds. The van der Waals surface area contributed by atoms with E-state index in [1.807, 2.05) is 19.9 Å². The zero-order valence-electron chi connectivity index (χ0n) is 23.8. The SMILES string of the molecule is CC.NC1=NCC2=CC(NC(=O)[C@H](O)[C@H]3OCCN(c4cccc(C(=O)N5CCC(C(=O)O)CC5)c4)C3=O)=CCC=C21. The molecule has 12 nitrogen and oxygen atoms in total. The van der Waals surface area contributed by atoms with Crippen molar-refractivity contribution in [3.63, 3.8) is 0 Å². The van der Waals surface area contributed by atoms with E-state index in [1.54, 1.807) is 41.3 Å². The van der Waals surface area contributed by atoms with Gasteiger partial charge in [-0.2, -0.15) is 0 Å². The molecule has 0 bridgehead atoms. The summed E-state index contributed by atoms with van der Waals surface area (Å²) in [5, 5.41) is 22.7. The third-order valence-electron chi connectivity index (χ3n) is 7.51. The Morgan fingerprint density at radius 1 is 1.14 bits per heavy atom. The summed E-state index contributed by atoms with van der Waals surface area (Å²) in [6, 6.07) is 6.54. The minimum Gasteiger partial charge on any atom is -0.481 e. The highest BCUT2D eigenvalue weighted by molar-refractivity contribution is 6.04. The van der Waals surface area contributed by atoms with E-state index in [0.29, 0.717) is 61.7 Å². The van der Waals surface area contributed by atoms with Gasteiger partial charge in [0.1, 0.15) is 5.84 Å². The number of carbonyl (C=O) groups excluding carboxylic acids is 3. The number of morpholine rings is 1. The molecule has 2 saturated heterocycles. The quantitative estimate of drug-likeness (QED) is 0.391. The molecule has 1 aliphatic carbocycles. The number of nitrogens with two attached hydrogens (primary N) is 1. The Morgan fingerprint density at radius 2 is 1.88 bits per heavy atom. The lowest BCUT2D eigenvalue weighted by Gasteiger charge is -2.34. The molecular formula is C30H37N5O7. The maximum Gasteiger partial charge on any atom is 0.306 e. The normalized spacial score (nSPS) is 21.4. The van der Waals surface area contributed by atoms with Crippen LogP contribution in [-0.2, 0) is 19.1 Å². The van der Waals surface area contributed by atoms with Crippen molar-refractivity contribution in [3.8, 4) is 0 Å². The Hall–Kier alpha value is -4.29. The Bertz CT molecular complexity index is 1360. The average molecular weight is 580 g/mol. The number of allylic oxidation sites excluding steroid dienone is 3. The van der Waals surface area contributed by atoms with E-state index < -0.39 is 35.9 Å². The molecule has 1 aromatic carbocycles. The number of carbonyl (C=O) groups is 4. The number of aliphatic hydroxyl groups excluding tert-OH is 1. The lowest BCUT2D eigenvalue weighted by atomic mass is 9.96. The number of amides is 3. The predicted molar refractivity (Wildman–Crippen MR) is 156 cm³/mol. The standard InChI is InChI=1S/C28H31N5O7.C2H6/c29-24-21-6-2-4-19(13-18(21)15-30-24)31-25(35)22(34)23-27(37)33(11-12-40-23)20-5-1-3-17(14-20)26(36)32-9-7-16(8-10-32)28(38)39;1-2/h1,3-6,13-14,16,22-23,34H,2,7-12,15H2,(H2,29,30)(H,31,35)(H,38,39);1-2H3/t22-,23-;/m1./s1. The molecule has 5 rings (SSSR count). The number of piperidine rings is 1. The lowest BCUT2D eigenvalue weighted by Crippen LogP contribution is -2.56. The van der Waals surface area contributed by atoms with Crippen molar-refractivity contribution in [1.29, 1.82) is 0 Å². The van der Waals surface area contributed by atoms with Crippen LogP contribution in [0.25, 0.3) is 0 Å². The number of ether oxygens (including phenoxy) is 1. The molecule has 224 valence electrons. The fourth-order valence-corrected chi connectivity index (χ4v) is 5.26. The highest BCUT2D eigenvalue weighted by Crippen LogP contribution is 2.25. The molecule has 4 aliphatic rings. The number of anilines is 1. The number of aliphatic imine (C=N–C) groups is 1. The van der Waals surface area contributed by atoms with E-state index in [-0.39, 0.29) is 19.1 Å². The van der Waals surface area contributed by atoms with Crippen LogP contribution in [0.1, 0.15) is 43.5 Å². The zero-order valence-corrected chi connectivity index (χ0v) is 23.8. The van der Waals surface area contributed by atoms with E-state index in [1.165, 1.54) is 4.90 Å². The summed E-state index contributed by atoms with van der Waals surface area (Å²) in [4.78, 5) is 57.7. The summed E-state index contributed by atoms with van der Waals surface area (Å²) in [6.07, 6.45) is 3.52. The van der Waals surface area contributed by atoms with Crippen LogP contribution in [0.5, 0.6) is 0 Å². The summed E-state index contributed by atoms with van der Waals surface area (Å²) in [5.41, 5.74) is 8.84. The minimum absolute atomic E-state index is 0.0816. The van der Waals surface area contributed by atoms with Crippen molar-refractivity contribution in [3.05, 3.63) is 64.9 Å². The third kappa shape index (κ3) is 6.60. The first-order chi connectivity index (χ1) is 20.2. The van der Waals surface area contributed by atoms with Crippen LogP contribution in [0.15, 0.2) is 64.3 Å². The fourth-order valence-electron chi connectivity index (χ4n) is 5.26. The van der Waals surface area contributed by atoms with E-state index in [0.717, 1.165) is 11.1 Å². The monoisotopic (exact) mass is 579 g/mol. The van der Waals surface area contributed by atoms with Crippen molar-refractivity contribution in [1.82, 2.24) is 10.2 Å². The van der Waals surface area contributed by atoms with Gasteiger partial charge in [-0.1, -0.05) is 32.1 Å². The van der Waals surface area contributed by atoms with Crippen LogP contribution < -0.4 is 16.0 Å². The highest BCUT2D eigenvalue weighted by Gasteiger charge is 2.40. The number of nitrogens with one attached hydrogen (secondary N) is 1.